The Bertz CT molecular complexity index is 348. The van der Waals surface area contributed by atoms with Gasteiger partial charge in [0.2, 0.25) is 0 Å². The standard InChI is InChI=1S/C13H18BrN/c1-10-8-12(9-14)5-6-13(10)15-7-3-4-11(15)2/h5-6,8,11H,3-4,7,9H2,1-2H3. The molecule has 0 aliphatic carbocycles. The third kappa shape index (κ3) is 2.20. The van der Waals surface area contributed by atoms with Gasteiger partial charge in [0.15, 0.2) is 0 Å². The first-order valence-electron chi connectivity index (χ1n) is 5.64. The number of hydrogen-bond donors (Lipinski definition) is 0. The van der Waals surface area contributed by atoms with Crippen LogP contribution < -0.4 is 4.90 Å². The van der Waals surface area contributed by atoms with Gasteiger partial charge in [-0.25, -0.2) is 0 Å². The molecule has 1 atom stereocenters. The third-order valence-electron chi connectivity index (χ3n) is 3.28. The summed E-state index contributed by atoms with van der Waals surface area (Å²) in [6.45, 7) is 5.76. The molecule has 0 spiro atoms. The number of benzene rings is 1. The summed E-state index contributed by atoms with van der Waals surface area (Å²) in [5, 5.41) is 0.948. The van der Waals surface area contributed by atoms with Crippen LogP contribution in [0.1, 0.15) is 30.9 Å². The first-order chi connectivity index (χ1) is 7.22. The van der Waals surface area contributed by atoms with Crippen LogP contribution >= 0.6 is 15.9 Å². The molecule has 1 aromatic carbocycles. The smallest absolute Gasteiger partial charge is 0.0398 e. The van der Waals surface area contributed by atoms with Crippen LogP contribution in [0.3, 0.4) is 0 Å². The second-order valence-electron chi connectivity index (χ2n) is 4.44. The monoisotopic (exact) mass is 267 g/mol. The molecule has 1 heterocycles. The van der Waals surface area contributed by atoms with E-state index < -0.39 is 0 Å². The van der Waals surface area contributed by atoms with Crippen molar-refractivity contribution in [2.45, 2.75) is 38.1 Å². The van der Waals surface area contributed by atoms with E-state index in [1.54, 1.807) is 0 Å². The molecule has 1 aliphatic rings. The summed E-state index contributed by atoms with van der Waals surface area (Å²) < 4.78 is 0. The maximum atomic E-state index is 3.50. The molecule has 15 heavy (non-hydrogen) atoms. The Morgan fingerprint density at radius 1 is 1.47 bits per heavy atom. The summed E-state index contributed by atoms with van der Waals surface area (Å²) in [5.41, 5.74) is 4.19. The summed E-state index contributed by atoms with van der Waals surface area (Å²) in [6.07, 6.45) is 2.67. The van der Waals surface area contributed by atoms with Gasteiger partial charge in [-0.3, -0.25) is 0 Å². The van der Waals surface area contributed by atoms with Crippen LogP contribution in [-0.2, 0) is 5.33 Å². The Labute approximate surface area is 101 Å². The molecule has 82 valence electrons. The minimum absolute atomic E-state index is 0.707. The average Bonchev–Trinajstić information content (AvgIpc) is 2.64. The van der Waals surface area contributed by atoms with Crippen LogP contribution in [0.25, 0.3) is 0 Å². The van der Waals surface area contributed by atoms with E-state index in [1.807, 2.05) is 0 Å². The predicted molar refractivity (Wildman–Crippen MR) is 69.9 cm³/mol. The number of alkyl halides is 1. The van der Waals surface area contributed by atoms with Crippen molar-refractivity contribution in [3.63, 3.8) is 0 Å². The van der Waals surface area contributed by atoms with Crippen molar-refractivity contribution in [1.29, 1.82) is 0 Å². The summed E-state index contributed by atoms with van der Waals surface area (Å²) >= 11 is 3.50. The normalized spacial score (nSPS) is 21.0. The largest absolute Gasteiger partial charge is 0.369 e. The van der Waals surface area contributed by atoms with Crippen LogP contribution in [0.15, 0.2) is 18.2 Å². The van der Waals surface area contributed by atoms with Crippen molar-refractivity contribution in [2.24, 2.45) is 0 Å². The molecule has 0 bridgehead atoms. The highest BCUT2D eigenvalue weighted by atomic mass is 79.9. The molecule has 0 aromatic heterocycles. The summed E-state index contributed by atoms with van der Waals surface area (Å²) in [6, 6.07) is 7.49. The van der Waals surface area contributed by atoms with Crippen molar-refractivity contribution in [2.75, 3.05) is 11.4 Å². The van der Waals surface area contributed by atoms with Gasteiger partial charge in [-0.1, -0.05) is 28.1 Å². The topological polar surface area (TPSA) is 3.24 Å². The van der Waals surface area contributed by atoms with Gasteiger partial charge in [0.05, 0.1) is 0 Å². The van der Waals surface area contributed by atoms with Gasteiger partial charge >= 0.3 is 0 Å². The van der Waals surface area contributed by atoms with Gasteiger partial charge in [-0.15, -0.1) is 0 Å². The zero-order valence-electron chi connectivity index (χ0n) is 9.46. The Morgan fingerprint density at radius 2 is 2.27 bits per heavy atom. The molecule has 0 N–H and O–H groups in total. The van der Waals surface area contributed by atoms with E-state index in [0.717, 1.165) is 5.33 Å². The van der Waals surface area contributed by atoms with Crippen LogP contribution in [0.5, 0.6) is 0 Å². The minimum atomic E-state index is 0.707. The highest BCUT2D eigenvalue weighted by Gasteiger charge is 2.21. The van der Waals surface area contributed by atoms with E-state index in [-0.39, 0.29) is 0 Å². The van der Waals surface area contributed by atoms with E-state index in [9.17, 15) is 0 Å². The first kappa shape index (κ1) is 11.0. The lowest BCUT2D eigenvalue weighted by atomic mass is 10.1. The second-order valence-corrected chi connectivity index (χ2v) is 5.00. The summed E-state index contributed by atoms with van der Waals surface area (Å²) in [4.78, 5) is 2.54. The lowest BCUT2D eigenvalue weighted by molar-refractivity contribution is 0.733. The first-order valence-corrected chi connectivity index (χ1v) is 6.76. The molecule has 1 saturated heterocycles. The number of nitrogens with zero attached hydrogens (tertiary/aromatic N) is 1. The van der Waals surface area contributed by atoms with E-state index in [1.165, 1.54) is 36.2 Å². The number of halogens is 1. The summed E-state index contributed by atoms with van der Waals surface area (Å²) in [7, 11) is 0. The zero-order chi connectivity index (χ0) is 10.8. The molecule has 1 fully saturated rings. The van der Waals surface area contributed by atoms with E-state index in [4.69, 9.17) is 0 Å². The van der Waals surface area contributed by atoms with Crippen molar-refractivity contribution < 1.29 is 0 Å². The Balaban J connectivity index is 2.28. The van der Waals surface area contributed by atoms with Crippen molar-refractivity contribution in [3.05, 3.63) is 29.3 Å². The maximum absolute atomic E-state index is 3.50. The van der Waals surface area contributed by atoms with Crippen LogP contribution in [0, 0.1) is 6.92 Å². The van der Waals surface area contributed by atoms with Gasteiger partial charge in [0.1, 0.15) is 0 Å². The van der Waals surface area contributed by atoms with Crippen LogP contribution in [-0.4, -0.2) is 12.6 Å². The van der Waals surface area contributed by atoms with Crippen molar-refractivity contribution >= 4 is 21.6 Å². The zero-order valence-corrected chi connectivity index (χ0v) is 11.0. The minimum Gasteiger partial charge on any atom is -0.369 e. The molecule has 0 amide bonds. The summed E-state index contributed by atoms with van der Waals surface area (Å²) in [5.74, 6) is 0. The molecule has 1 nitrogen and oxygen atoms in total. The van der Waals surface area contributed by atoms with E-state index in [2.05, 4.69) is 52.9 Å². The lowest BCUT2D eigenvalue weighted by Gasteiger charge is -2.25. The Kier molecular flexibility index (Phi) is 3.35. The lowest BCUT2D eigenvalue weighted by Crippen LogP contribution is -2.26. The molecule has 0 saturated carbocycles. The quantitative estimate of drug-likeness (QED) is 0.736. The number of hydrogen-bond acceptors (Lipinski definition) is 1. The number of rotatable bonds is 2. The van der Waals surface area contributed by atoms with Gasteiger partial charge < -0.3 is 4.90 Å². The second kappa shape index (κ2) is 4.56. The van der Waals surface area contributed by atoms with Crippen molar-refractivity contribution in [3.8, 4) is 0 Å². The molecule has 1 aromatic rings. The van der Waals surface area contributed by atoms with Gasteiger partial charge in [-0.2, -0.15) is 0 Å². The fraction of sp³-hybridized carbons (Fsp3) is 0.538. The highest BCUT2D eigenvalue weighted by molar-refractivity contribution is 9.08. The van der Waals surface area contributed by atoms with Crippen molar-refractivity contribution in [1.82, 2.24) is 0 Å². The van der Waals surface area contributed by atoms with Gasteiger partial charge in [0.25, 0.3) is 0 Å². The molecule has 0 radical (unpaired) electrons. The van der Waals surface area contributed by atoms with E-state index >= 15 is 0 Å². The molecular formula is C13H18BrN. The Morgan fingerprint density at radius 3 is 2.80 bits per heavy atom. The fourth-order valence-electron chi connectivity index (χ4n) is 2.41. The molecule has 1 aliphatic heterocycles. The molecule has 2 heteroatoms. The SMILES string of the molecule is Cc1cc(CBr)ccc1N1CCCC1C. The predicted octanol–water partition coefficient (Wildman–Crippen LogP) is 3.88. The molecule has 2 rings (SSSR count). The highest BCUT2D eigenvalue weighted by Crippen LogP contribution is 2.29. The number of anilines is 1. The third-order valence-corrected chi connectivity index (χ3v) is 3.93. The Hall–Kier alpha value is -0.500. The number of aryl methyl sites for hydroxylation is 1. The fourth-order valence-corrected chi connectivity index (χ4v) is 2.76. The maximum Gasteiger partial charge on any atom is 0.0398 e. The van der Waals surface area contributed by atoms with Gasteiger partial charge in [0, 0.05) is 23.6 Å². The van der Waals surface area contributed by atoms with Gasteiger partial charge in [-0.05, 0) is 43.9 Å². The molecular weight excluding hydrogens is 250 g/mol. The van der Waals surface area contributed by atoms with Crippen LogP contribution in [0.2, 0.25) is 0 Å². The van der Waals surface area contributed by atoms with E-state index in [0.29, 0.717) is 6.04 Å². The average molecular weight is 268 g/mol. The van der Waals surface area contributed by atoms with Crippen LogP contribution in [0.4, 0.5) is 5.69 Å². The molecule has 1 unspecified atom stereocenters.